The molecule has 92 valence electrons. The van der Waals surface area contributed by atoms with E-state index < -0.39 is 6.04 Å². The number of hydrogen-bond acceptors (Lipinski definition) is 3. The molecular formula is C11H20N2O3. The molecule has 0 aromatic rings. The van der Waals surface area contributed by atoms with E-state index in [1.165, 1.54) is 0 Å². The summed E-state index contributed by atoms with van der Waals surface area (Å²) in [6.45, 7) is 6.03. The molecular weight excluding hydrogens is 208 g/mol. The van der Waals surface area contributed by atoms with E-state index in [-0.39, 0.29) is 24.0 Å². The van der Waals surface area contributed by atoms with Crippen molar-refractivity contribution in [3.05, 3.63) is 0 Å². The number of nitrogens with zero attached hydrogens (tertiary/aromatic N) is 1. The zero-order chi connectivity index (χ0) is 12.3. The van der Waals surface area contributed by atoms with Crippen LogP contribution in [0.3, 0.4) is 0 Å². The predicted octanol–water partition coefficient (Wildman–Crippen LogP) is 0.147. The van der Waals surface area contributed by atoms with E-state index >= 15 is 0 Å². The lowest BCUT2D eigenvalue weighted by Gasteiger charge is -2.29. The van der Waals surface area contributed by atoms with Crippen LogP contribution in [0, 0.1) is 0 Å². The van der Waals surface area contributed by atoms with E-state index in [1.54, 1.807) is 18.9 Å². The molecule has 1 aliphatic heterocycles. The van der Waals surface area contributed by atoms with E-state index in [1.807, 2.05) is 13.8 Å². The number of methoxy groups -OCH3 is 1. The topological polar surface area (TPSA) is 58.6 Å². The Bertz CT molecular complexity index is 280. The Morgan fingerprint density at radius 1 is 1.50 bits per heavy atom. The maximum absolute atomic E-state index is 12.0. The summed E-state index contributed by atoms with van der Waals surface area (Å²) in [5, 5.41) is 2.67. The molecule has 0 aromatic heterocycles. The molecule has 0 aromatic carbocycles. The second-order valence-electron chi connectivity index (χ2n) is 4.38. The summed E-state index contributed by atoms with van der Waals surface area (Å²) in [5.74, 6) is -0.108. The van der Waals surface area contributed by atoms with Gasteiger partial charge < -0.3 is 15.0 Å². The van der Waals surface area contributed by atoms with Gasteiger partial charge in [0.1, 0.15) is 6.04 Å². The summed E-state index contributed by atoms with van der Waals surface area (Å²) in [4.78, 5) is 25.2. The summed E-state index contributed by atoms with van der Waals surface area (Å²) in [6, 6.07) is -0.517. The fraction of sp³-hybridized carbons (Fsp3) is 0.818. The van der Waals surface area contributed by atoms with Crippen LogP contribution < -0.4 is 5.32 Å². The van der Waals surface area contributed by atoms with Crippen LogP contribution in [0.2, 0.25) is 0 Å². The second kappa shape index (κ2) is 5.30. The number of ether oxygens (including phenoxy) is 1. The molecule has 0 spiro atoms. The third-order valence-corrected chi connectivity index (χ3v) is 2.90. The maximum atomic E-state index is 12.0. The molecule has 0 aliphatic carbocycles. The Morgan fingerprint density at radius 3 is 2.69 bits per heavy atom. The van der Waals surface area contributed by atoms with E-state index in [2.05, 4.69) is 5.32 Å². The first kappa shape index (κ1) is 13.0. The fourth-order valence-electron chi connectivity index (χ4n) is 1.83. The molecule has 1 saturated heterocycles. The van der Waals surface area contributed by atoms with Gasteiger partial charge in [0.2, 0.25) is 11.8 Å². The average molecular weight is 228 g/mol. The molecule has 16 heavy (non-hydrogen) atoms. The van der Waals surface area contributed by atoms with Crippen molar-refractivity contribution in [1.82, 2.24) is 10.2 Å². The van der Waals surface area contributed by atoms with E-state index in [4.69, 9.17) is 4.74 Å². The molecule has 0 saturated carbocycles. The van der Waals surface area contributed by atoms with Crippen LogP contribution in [0.4, 0.5) is 0 Å². The lowest BCUT2D eigenvalue weighted by Crippen LogP contribution is -2.47. The maximum Gasteiger partial charge on any atom is 0.245 e. The summed E-state index contributed by atoms with van der Waals surface area (Å²) >= 11 is 0. The molecule has 1 N–H and O–H groups in total. The monoisotopic (exact) mass is 228 g/mol. The van der Waals surface area contributed by atoms with E-state index in [0.717, 1.165) is 0 Å². The van der Waals surface area contributed by atoms with E-state index in [0.29, 0.717) is 13.0 Å². The fourth-order valence-corrected chi connectivity index (χ4v) is 1.83. The third-order valence-electron chi connectivity index (χ3n) is 2.90. The Labute approximate surface area is 96.1 Å². The Morgan fingerprint density at radius 2 is 2.12 bits per heavy atom. The van der Waals surface area contributed by atoms with Crippen LogP contribution in [0.25, 0.3) is 0 Å². The lowest BCUT2D eigenvalue weighted by molar-refractivity contribution is -0.136. The smallest absolute Gasteiger partial charge is 0.245 e. The van der Waals surface area contributed by atoms with Crippen molar-refractivity contribution in [3.8, 4) is 0 Å². The van der Waals surface area contributed by atoms with Crippen molar-refractivity contribution in [3.63, 3.8) is 0 Å². The molecule has 1 fully saturated rings. The Balaban J connectivity index is 2.77. The average Bonchev–Trinajstić information content (AvgIpc) is 2.30. The van der Waals surface area contributed by atoms with Crippen molar-refractivity contribution >= 4 is 11.8 Å². The number of amides is 2. The Hall–Kier alpha value is -1.10. The predicted molar refractivity (Wildman–Crippen MR) is 59.9 cm³/mol. The highest BCUT2D eigenvalue weighted by Gasteiger charge is 2.31. The number of rotatable bonds is 3. The normalized spacial score (nSPS) is 28.6. The molecule has 3 unspecified atom stereocenters. The third kappa shape index (κ3) is 2.95. The molecule has 3 atom stereocenters. The zero-order valence-corrected chi connectivity index (χ0v) is 10.3. The molecule has 5 heteroatoms. The van der Waals surface area contributed by atoms with Gasteiger partial charge in [-0.05, 0) is 20.8 Å². The highest BCUT2D eigenvalue weighted by Crippen LogP contribution is 2.12. The van der Waals surface area contributed by atoms with Gasteiger partial charge in [-0.25, -0.2) is 0 Å². The molecule has 1 heterocycles. The molecule has 2 amide bonds. The molecule has 0 radical (unpaired) electrons. The van der Waals surface area contributed by atoms with Crippen molar-refractivity contribution in [1.29, 1.82) is 0 Å². The second-order valence-corrected chi connectivity index (χ2v) is 4.38. The molecule has 0 bridgehead atoms. The van der Waals surface area contributed by atoms with Crippen molar-refractivity contribution in [2.45, 2.75) is 45.4 Å². The van der Waals surface area contributed by atoms with Gasteiger partial charge in [-0.1, -0.05) is 0 Å². The number of nitrogens with one attached hydrogen (secondary N) is 1. The minimum absolute atomic E-state index is 0.0215. The molecule has 1 rings (SSSR count). The summed E-state index contributed by atoms with van der Waals surface area (Å²) in [7, 11) is 1.62. The minimum atomic E-state index is -0.443. The van der Waals surface area contributed by atoms with Crippen molar-refractivity contribution in [2.75, 3.05) is 13.7 Å². The first-order chi connectivity index (χ1) is 7.45. The standard InChI is InChI=1S/C11H20N2O3/c1-7-5-10(14)12-9(3)11(15)13(7)6-8(2)16-4/h7-9H,5-6H2,1-4H3,(H,12,14). The van der Waals surface area contributed by atoms with Gasteiger partial charge in [0.25, 0.3) is 0 Å². The van der Waals surface area contributed by atoms with Gasteiger partial charge in [-0.15, -0.1) is 0 Å². The number of carbonyl (C=O) groups is 2. The number of hydrogen-bond donors (Lipinski definition) is 1. The van der Waals surface area contributed by atoms with E-state index in [9.17, 15) is 9.59 Å². The zero-order valence-electron chi connectivity index (χ0n) is 10.3. The summed E-state index contributed by atoms with van der Waals surface area (Å²) in [5.41, 5.74) is 0. The van der Waals surface area contributed by atoms with Crippen LogP contribution >= 0.6 is 0 Å². The van der Waals surface area contributed by atoms with Crippen LogP contribution in [-0.4, -0.2) is 48.6 Å². The van der Waals surface area contributed by atoms with Crippen LogP contribution in [0.5, 0.6) is 0 Å². The van der Waals surface area contributed by atoms with Crippen molar-refractivity contribution < 1.29 is 14.3 Å². The first-order valence-electron chi connectivity index (χ1n) is 5.58. The van der Waals surface area contributed by atoms with Gasteiger partial charge in [0.15, 0.2) is 0 Å². The molecule has 1 aliphatic rings. The summed E-state index contributed by atoms with van der Waals surface area (Å²) in [6.07, 6.45) is 0.332. The quantitative estimate of drug-likeness (QED) is 0.748. The van der Waals surface area contributed by atoms with Gasteiger partial charge in [0.05, 0.1) is 6.10 Å². The Kier molecular flexibility index (Phi) is 4.29. The first-order valence-corrected chi connectivity index (χ1v) is 5.58. The van der Waals surface area contributed by atoms with Gasteiger partial charge in [-0.2, -0.15) is 0 Å². The van der Waals surface area contributed by atoms with Crippen molar-refractivity contribution in [2.24, 2.45) is 0 Å². The minimum Gasteiger partial charge on any atom is -0.380 e. The number of carbonyl (C=O) groups excluding carboxylic acids is 2. The van der Waals surface area contributed by atoms with Gasteiger partial charge >= 0.3 is 0 Å². The highest BCUT2D eigenvalue weighted by atomic mass is 16.5. The summed E-state index contributed by atoms with van der Waals surface area (Å²) < 4.78 is 5.15. The van der Waals surface area contributed by atoms with Crippen LogP contribution in [-0.2, 0) is 14.3 Å². The molecule has 5 nitrogen and oxygen atoms in total. The SMILES string of the molecule is COC(C)CN1C(=O)C(C)NC(=O)CC1C. The van der Waals surface area contributed by atoms with Crippen LogP contribution in [0.15, 0.2) is 0 Å². The highest BCUT2D eigenvalue weighted by molar-refractivity contribution is 5.90. The van der Waals surface area contributed by atoms with Gasteiger partial charge in [-0.3, -0.25) is 9.59 Å². The van der Waals surface area contributed by atoms with Gasteiger partial charge in [0, 0.05) is 26.1 Å². The van der Waals surface area contributed by atoms with Crippen LogP contribution in [0.1, 0.15) is 27.2 Å². The largest absolute Gasteiger partial charge is 0.380 e. The lowest BCUT2D eigenvalue weighted by atomic mass is 10.2.